The molecule has 1 aromatic rings. The van der Waals surface area contributed by atoms with Gasteiger partial charge in [0.2, 0.25) is 0 Å². The molecule has 20 heavy (non-hydrogen) atoms. The Bertz CT molecular complexity index is 418. The molecule has 112 valence electrons. The molecule has 0 fully saturated rings. The van der Waals surface area contributed by atoms with Gasteiger partial charge < -0.3 is 9.53 Å². The zero-order valence-corrected chi connectivity index (χ0v) is 14.4. The van der Waals surface area contributed by atoms with Crippen molar-refractivity contribution in [1.29, 1.82) is 0 Å². The van der Waals surface area contributed by atoms with Crippen LogP contribution in [0.25, 0.3) is 6.08 Å². The second-order valence-electron chi connectivity index (χ2n) is 6.70. The van der Waals surface area contributed by atoms with Crippen molar-refractivity contribution in [3.8, 4) is 0 Å². The molecule has 0 saturated heterocycles. The van der Waals surface area contributed by atoms with Gasteiger partial charge in [-0.15, -0.1) is 0 Å². The summed E-state index contributed by atoms with van der Waals surface area (Å²) >= 11 is 0. The van der Waals surface area contributed by atoms with Crippen LogP contribution in [0, 0.1) is 0 Å². The van der Waals surface area contributed by atoms with E-state index in [9.17, 15) is 5.11 Å². The van der Waals surface area contributed by atoms with Crippen LogP contribution in [0.1, 0.15) is 32.8 Å². The van der Waals surface area contributed by atoms with Gasteiger partial charge in [-0.3, -0.25) is 0 Å². The molecule has 0 aliphatic rings. The standard InChI is InChI=1S/C17H28O2Si/c1-17(2,3)20(4,5)19-16(13-14-18)12-11-15-9-7-6-8-10-15/h6-12,16,18H,13-14H2,1-5H3/b12-11+/t16-/m0/s1. The molecule has 0 bridgehead atoms. The molecule has 1 rings (SSSR count). The SMILES string of the molecule is CC(C)(C)[Si](C)(C)O[C@@H](/C=C/c1ccccc1)CCO. The van der Waals surface area contributed by atoms with Gasteiger partial charge in [0, 0.05) is 6.61 Å². The topological polar surface area (TPSA) is 29.5 Å². The van der Waals surface area contributed by atoms with E-state index < -0.39 is 8.32 Å². The van der Waals surface area contributed by atoms with Gasteiger partial charge in [-0.1, -0.05) is 63.3 Å². The molecular weight excluding hydrogens is 264 g/mol. The fourth-order valence-electron chi connectivity index (χ4n) is 1.66. The first-order valence-electron chi connectivity index (χ1n) is 7.28. The molecule has 3 heteroatoms. The lowest BCUT2D eigenvalue weighted by Crippen LogP contribution is -2.43. The Morgan fingerprint density at radius 3 is 2.30 bits per heavy atom. The van der Waals surface area contributed by atoms with Gasteiger partial charge >= 0.3 is 0 Å². The van der Waals surface area contributed by atoms with E-state index in [-0.39, 0.29) is 17.7 Å². The first kappa shape index (κ1) is 17.1. The first-order chi connectivity index (χ1) is 9.26. The average Bonchev–Trinajstić information content (AvgIpc) is 2.36. The summed E-state index contributed by atoms with van der Waals surface area (Å²) in [6.07, 6.45) is 4.79. The van der Waals surface area contributed by atoms with Crippen molar-refractivity contribution in [2.24, 2.45) is 0 Å². The van der Waals surface area contributed by atoms with Crippen molar-refractivity contribution in [3.05, 3.63) is 42.0 Å². The van der Waals surface area contributed by atoms with Crippen LogP contribution in [0.5, 0.6) is 0 Å². The molecular formula is C17H28O2Si. The van der Waals surface area contributed by atoms with Gasteiger partial charge in [0.05, 0.1) is 6.10 Å². The van der Waals surface area contributed by atoms with Crippen LogP contribution in [-0.2, 0) is 4.43 Å². The summed E-state index contributed by atoms with van der Waals surface area (Å²) in [5.41, 5.74) is 1.16. The normalized spacial score (nSPS) is 14.7. The van der Waals surface area contributed by atoms with Gasteiger partial charge in [0.15, 0.2) is 8.32 Å². The molecule has 0 unspecified atom stereocenters. The Labute approximate surface area is 124 Å². The summed E-state index contributed by atoms with van der Waals surface area (Å²) < 4.78 is 6.36. The van der Waals surface area contributed by atoms with E-state index in [0.29, 0.717) is 6.42 Å². The number of hydrogen-bond acceptors (Lipinski definition) is 2. The van der Waals surface area contributed by atoms with Crippen LogP contribution in [0.4, 0.5) is 0 Å². The van der Waals surface area contributed by atoms with E-state index in [4.69, 9.17) is 4.43 Å². The van der Waals surface area contributed by atoms with Crippen molar-refractivity contribution >= 4 is 14.4 Å². The fraction of sp³-hybridized carbons (Fsp3) is 0.529. The summed E-state index contributed by atoms with van der Waals surface area (Å²) in [6.45, 7) is 11.3. The Morgan fingerprint density at radius 1 is 1.20 bits per heavy atom. The zero-order chi connectivity index (χ0) is 15.2. The molecule has 0 aromatic heterocycles. The smallest absolute Gasteiger partial charge is 0.192 e. The summed E-state index contributed by atoms with van der Waals surface area (Å²) in [6, 6.07) is 10.2. The highest BCUT2D eigenvalue weighted by Crippen LogP contribution is 2.37. The average molecular weight is 292 g/mol. The minimum absolute atomic E-state index is 0.0129. The molecule has 0 aliphatic carbocycles. The van der Waals surface area contributed by atoms with Crippen molar-refractivity contribution in [2.45, 2.75) is 51.4 Å². The molecule has 2 nitrogen and oxygen atoms in total. The molecule has 0 heterocycles. The van der Waals surface area contributed by atoms with Crippen molar-refractivity contribution in [3.63, 3.8) is 0 Å². The zero-order valence-electron chi connectivity index (χ0n) is 13.4. The predicted octanol–water partition coefficient (Wildman–Crippen LogP) is 4.47. The van der Waals surface area contributed by atoms with E-state index in [0.717, 1.165) is 5.56 Å². The molecule has 0 saturated carbocycles. The Morgan fingerprint density at radius 2 is 1.80 bits per heavy atom. The Kier molecular flexibility index (Phi) is 6.18. The number of rotatable bonds is 6. The summed E-state index contributed by atoms with van der Waals surface area (Å²) in [7, 11) is -1.81. The van der Waals surface area contributed by atoms with E-state index in [1.807, 2.05) is 18.2 Å². The summed E-state index contributed by atoms with van der Waals surface area (Å²) in [5, 5.41) is 9.42. The van der Waals surface area contributed by atoms with Crippen LogP contribution >= 0.6 is 0 Å². The van der Waals surface area contributed by atoms with Gasteiger partial charge in [-0.05, 0) is 30.1 Å². The molecule has 0 radical (unpaired) electrons. The lowest BCUT2D eigenvalue weighted by atomic mass is 10.1. The highest BCUT2D eigenvalue weighted by atomic mass is 28.4. The van der Waals surface area contributed by atoms with Crippen LogP contribution in [0.2, 0.25) is 18.1 Å². The van der Waals surface area contributed by atoms with Crippen LogP contribution < -0.4 is 0 Å². The van der Waals surface area contributed by atoms with Crippen molar-refractivity contribution in [2.75, 3.05) is 6.61 Å². The second-order valence-corrected chi connectivity index (χ2v) is 11.5. The highest BCUT2D eigenvalue weighted by molar-refractivity contribution is 6.74. The third-order valence-electron chi connectivity index (χ3n) is 3.97. The minimum Gasteiger partial charge on any atom is -0.410 e. The fourth-order valence-corrected chi connectivity index (χ4v) is 2.97. The lowest BCUT2D eigenvalue weighted by molar-refractivity contribution is 0.175. The maximum absolute atomic E-state index is 9.24. The molecule has 0 aliphatic heterocycles. The monoisotopic (exact) mass is 292 g/mol. The van der Waals surface area contributed by atoms with Crippen LogP contribution in [0.15, 0.2) is 36.4 Å². The van der Waals surface area contributed by atoms with Crippen LogP contribution in [-0.4, -0.2) is 26.1 Å². The van der Waals surface area contributed by atoms with Gasteiger partial charge in [0.1, 0.15) is 0 Å². The summed E-state index contributed by atoms with van der Waals surface area (Å²) in [5.74, 6) is 0. The molecule has 1 aromatic carbocycles. The number of hydrogen-bond donors (Lipinski definition) is 1. The quantitative estimate of drug-likeness (QED) is 0.784. The van der Waals surface area contributed by atoms with E-state index in [1.54, 1.807) is 0 Å². The van der Waals surface area contributed by atoms with Gasteiger partial charge in [-0.25, -0.2) is 0 Å². The predicted molar refractivity (Wildman–Crippen MR) is 89.2 cm³/mol. The third kappa shape index (κ3) is 5.23. The van der Waals surface area contributed by atoms with E-state index in [1.165, 1.54) is 0 Å². The van der Waals surface area contributed by atoms with Gasteiger partial charge in [-0.2, -0.15) is 0 Å². The molecule has 1 N–H and O–H groups in total. The Hall–Kier alpha value is -0.903. The lowest BCUT2D eigenvalue weighted by Gasteiger charge is -2.38. The first-order valence-corrected chi connectivity index (χ1v) is 10.2. The third-order valence-corrected chi connectivity index (χ3v) is 8.47. The second kappa shape index (κ2) is 7.20. The van der Waals surface area contributed by atoms with E-state index >= 15 is 0 Å². The van der Waals surface area contributed by atoms with Crippen LogP contribution in [0.3, 0.4) is 0 Å². The largest absolute Gasteiger partial charge is 0.410 e. The number of aliphatic hydroxyl groups excluding tert-OH is 1. The number of aliphatic hydroxyl groups is 1. The molecule has 0 amide bonds. The maximum atomic E-state index is 9.24. The van der Waals surface area contributed by atoms with Crippen molar-refractivity contribution in [1.82, 2.24) is 0 Å². The van der Waals surface area contributed by atoms with E-state index in [2.05, 4.69) is 58.2 Å². The Balaban J connectivity index is 2.77. The molecule has 1 atom stereocenters. The van der Waals surface area contributed by atoms with Crippen molar-refractivity contribution < 1.29 is 9.53 Å². The highest BCUT2D eigenvalue weighted by Gasteiger charge is 2.38. The maximum Gasteiger partial charge on any atom is 0.192 e. The van der Waals surface area contributed by atoms with Gasteiger partial charge in [0.25, 0.3) is 0 Å². The minimum atomic E-state index is -1.81. The number of benzene rings is 1. The molecule has 0 spiro atoms. The summed E-state index contributed by atoms with van der Waals surface area (Å²) in [4.78, 5) is 0.